The van der Waals surface area contributed by atoms with E-state index in [0.717, 1.165) is 12.1 Å². The number of carbonyl (C=O) groups is 1. The number of carbonyl (C=O) groups excluding carboxylic acids is 1. The molecule has 0 saturated carbocycles. The van der Waals surface area contributed by atoms with Crippen molar-refractivity contribution < 1.29 is 17.6 Å². The molecule has 1 atom stereocenters. The van der Waals surface area contributed by atoms with Crippen LogP contribution in [0.15, 0.2) is 17.0 Å². The number of likely N-dealkylation sites (N-methyl/N-ethyl adjacent to an activating group) is 1. The molecule has 0 aromatic heterocycles. The van der Waals surface area contributed by atoms with Crippen molar-refractivity contribution >= 4 is 27.5 Å². The maximum Gasteiger partial charge on any atom is 0.242 e. The summed E-state index contributed by atoms with van der Waals surface area (Å²) in [5.41, 5.74) is 0.171. The van der Waals surface area contributed by atoms with Gasteiger partial charge in [-0.15, -0.1) is 0 Å². The van der Waals surface area contributed by atoms with Crippen molar-refractivity contribution in [2.24, 2.45) is 0 Å². The molecule has 1 aromatic carbocycles. The van der Waals surface area contributed by atoms with Crippen molar-refractivity contribution in [1.82, 2.24) is 9.62 Å². The molecule has 0 aliphatic carbocycles. The van der Waals surface area contributed by atoms with Crippen LogP contribution in [-0.2, 0) is 14.8 Å². The van der Waals surface area contributed by atoms with Crippen molar-refractivity contribution in [2.75, 3.05) is 13.6 Å². The van der Waals surface area contributed by atoms with Crippen LogP contribution >= 0.6 is 11.6 Å². The van der Waals surface area contributed by atoms with Crippen LogP contribution in [0.3, 0.4) is 0 Å². The molecule has 1 fully saturated rings. The second-order valence-electron chi connectivity index (χ2n) is 4.75. The van der Waals surface area contributed by atoms with E-state index in [1.807, 2.05) is 0 Å². The van der Waals surface area contributed by atoms with Crippen LogP contribution in [0.4, 0.5) is 4.39 Å². The summed E-state index contributed by atoms with van der Waals surface area (Å²) in [6.45, 7) is 1.93. The predicted octanol–water partition coefficient (Wildman–Crippen LogP) is 1.30. The van der Waals surface area contributed by atoms with E-state index in [4.69, 9.17) is 11.6 Å². The molecule has 1 aliphatic heterocycles. The standard InChI is InChI=1S/C12H14ClFN2O3S/c1-7-5-11(8(13)6-9(7)14)20(18,19)15-10-3-4-16(2)12(10)17/h5-6,10,15H,3-4H2,1-2H3/t10-/m1/s1. The van der Waals surface area contributed by atoms with Gasteiger partial charge in [0.25, 0.3) is 0 Å². The fourth-order valence-corrected chi connectivity index (χ4v) is 3.84. The first kappa shape index (κ1) is 15.2. The highest BCUT2D eigenvalue weighted by Crippen LogP contribution is 2.25. The first-order valence-electron chi connectivity index (χ1n) is 5.95. The van der Waals surface area contributed by atoms with Crippen LogP contribution in [-0.4, -0.2) is 38.9 Å². The monoisotopic (exact) mass is 320 g/mol. The summed E-state index contributed by atoms with van der Waals surface area (Å²) in [6, 6.07) is 1.31. The highest BCUT2D eigenvalue weighted by atomic mass is 35.5. The van der Waals surface area contributed by atoms with Gasteiger partial charge in [0.2, 0.25) is 15.9 Å². The predicted molar refractivity (Wildman–Crippen MR) is 72.5 cm³/mol. The average Bonchev–Trinajstić information content (AvgIpc) is 2.65. The molecule has 110 valence electrons. The second-order valence-corrected chi connectivity index (χ2v) is 6.84. The number of nitrogens with zero attached hydrogens (tertiary/aromatic N) is 1. The van der Waals surface area contributed by atoms with Gasteiger partial charge in [0.15, 0.2) is 0 Å². The van der Waals surface area contributed by atoms with Gasteiger partial charge in [0.05, 0.1) is 5.02 Å². The van der Waals surface area contributed by atoms with E-state index in [9.17, 15) is 17.6 Å². The van der Waals surface area contributed by atoms with Crippen LogP contribution in [0.1, 0.15) is 12.0 Å². The van der Waals surface area contributed by atoms with Crippen molar-refractivity contribution in [3.05, 3.63) is 28.5 Å². The Balaban J connectivity index is 2.32. The largest absolute Gasteiger partial charge is 0.344 e. The summed E-state index contributed by atoms with van der Waals surface area (Å²) >= 11 is 5.78. The highest BCUT2D eigenvalue weighted by molar-refractivity contribution is 7.89. The maximum absolute atomic E-state index is 13.3. The Morgan fingerprint density at radius 3 is 2.65 bits per heavy atom. The van der Waals surface area contributed by atoms with E-state index in [-0.39, 0.29) is 21.4 Å². The zero-order valence-electron chi connectivity index (χ0n) is 11.0. The molecule has 1 aromatic rings. The van der Waals surface area contributed by atoms with Gasteiger partial charge in [-0.2, -0.15) is 4.72 Å². The lowest BCUT2D eigenvalue weighted by molar-refractivity contribution is -0.127. The second kappa shape index (κ2) is 5.31. The Hall–Kier alpha value is -1.18. The molecule has 0 radical (unpaired) electrons. The van der Waals surface area contributed by atoms with Crippen LogP contribution in [0.25, 0.3) is 0 Å². The number of sulfonamides is 1. The molecule has 1 heterocycles. The minimum atomic E-state index is -3.97. The molecule has 1 saturated heterocycles. The minimum Gasteiger partial charge on any atom is -0.344 e. The molecule has 0 spiro atoms. The SMILES string of the molecule is Cc1cc(S(=O)(=O)N[C@@H]2CCN(C)C2=O)c(Cl)cc1F. The van der Waals surface area contributed by atoms with Gasteiger partial charge in [-0.25, -0.2) is 12.8 Å². The molecule has 20 heavy (non-hydrogen) atoms. The van der Waals surface area contributed by atoms with Crippen LogP contribution in [0.5, 0.6) is 0 Å². The number of likely N-dealkylation sites (tertiary alicyclic amines) is 1. The molecule has 0 bridgehead atoms. The number of nitrogens with one attached hydrogen (secondary N) is 1. The smallest absolute Gasteiger partial charge is 0.242 e. The number of halogens is 2. The summed E-state index contributed by atoms with van der Waals surface area (Å²) < 4.78 is 40.1. The fourth-order valence-electron chi connectivity index (χ4n) is 2.02. The number of hydrogen-bond donors (Lipinski definition) is 1. The van der Waals surface area contributed by atoms with Gasteiger partial charge >= 0.3 is 0 Å². The topological polar surface area (TPSA) is 66.5 Å². The molecular weight excluding hydrogens is 307 g/mol. The lowest BCUT2D eigenvalue weighted by atomic mass is 10.2. The zero-order valence-corrected chi connectivity index (χ0v) is 12.6. The van der Waals surface area contributed by atoms with Crippen LogP contribution in [0, 0.1) is 12.7 Å². The lowest BCUT2D eigenvalue weighted by Gasteiger charge is -2.14. The summed E-state index contributed by atoms with van der Waals surface area (Å²) in [5.74, 6) is -0.867. The normalized spacial score (nSPS) is 19.7. The molecule has 8 heteroatoms. The van der Waals surface area contributed by atoms with E-state index in [1.165, 1.54) is 11.8 Å². The van der Waals surface area contributed by atoms with Crippen LogP contribution < -0.4 is 4.72 Å². The Bertz CT molecular complexity index is 663. The molecule has 1 N–H and O–H groups in total. The summed E-state index contributed by atoms with van der Waals surface area (Å²) in [6.07, 6.45) is 0.395. The van der Waals surface area contributed by atoms with Gasteiger partial charge in [-0.05, 0) is 31.0 Å². The first-order valence-corrected chi connectivity index (χ1v) is 7.81. The first-order chi connectivity index (χ1) is 9.22. The summed E-state index contributed by atoms with van der Waals surface area (Å²) in [5, 5.41) is -0.209. The molecular formula is C12H14ClFN2O3S. The highest BCUT2D eigenvalue weighted by Gasteiger charge is 2.33. The van der Waals surface area contributed by atoms with Gasteiger partial charge in [0.1, 0.15) is 16.8 Å². The van der Waals surface area contributed by atoms with Crippen molar-refractivity contribution in [3.63, 3.8) is 0 Å². The zero-order chi connectivity index (χ0) is 15.1. The third-order valence-corrected chi connectivity index (χ3v) is 5.16. The fraction of sp³-hybridized carbons (Fsp3) is 0.417. The number of hydrogen-bond acceptors (Lipinski definition) is 3. The van der Waals surface area contributed by atoms with Gasteiger partial charge in [-0.1, -0.05) is 11.6 Å². The number of benzene rings is 1. The van der Waals surface area contributed by atoms with Crippen LogP contribution in [0.2, 0.25) is 5.02 Å². The lowest BCUT2D eigenvalue weighted by Crippen LogP contribution is -2.40. The summed E-state index contributed by atoms with van der Waals surface area (Å²) in [7, 11) is -2.36. The van der Waals surface area contributed by atoms with Gasteiger partial charge in [0, 0.05) is 13.6 Å². The number of amides is 1. The molecule has 0 unspecified atom stereocenters. The van der Waals surface area contributed by atoms with Crippen molar-refractivity contribution in [2.45, 2.75) is 24.3 Å². The Kier molecular flexibility index (Phi) is 4.04. The average molecular weight is 321 g/mol. The Labute approximate surface area is 121 Å². The minimum absolute atomic E-state index is 0.171. The quantitative estimate of drug-likeness (QED) is 0.913. The van der Waals surface area contributed by atoms with E-state index < -0.39 is 21.9 Å². The molecule has 5 nitrogen and oxygen atoms in total. The van der Waals surface area contributed by atoms with Crippen molar-refractivity contribution in [3.8, 4) is 0 Å². The summed E-state index contributed by atoms with van der Waals surface area (Å²) in [4.78, 5) is 13.0. The van der Waals surface area contributed by atoms with E-state index in [2.05, 4.69) is 4.72 Å². The third-order valence-electron chi connectivity index (χ3n) is 3.23. The Morgan fingerprint density at radius 2 is 2.10 bits per heavy atom. The number of rotatable bonds is 3. The molecule has 1 aliphatic rings. The Morgan fingerprint density at radius 1 is 1.45 bits per heavy atom. The maximum atomic E-state index is 13.3. The van der Waals surface area contributed by atoms with E-state index in [0.29, 0.717) is 13.0 Å². The van der Waals surface area contributed by atoms with E-state index >= 15 is 0 Å². The van der Waals surface area contributed by atoms with Gasteiger partial charge < -0.3 is 4.90 Å². The third kappa shape index (κ3) is 2.79. The molecule has 1 amide bonds. The number of aryl methyl sites for hydroxylation is 1. The molecule has 2 rings (SSSR count). The van der Waals surface area contributed by atoms with E-state index in [1.54, 1.807) is 7.05 Å². The van der Waals surface area contributed by atoms with Gasteiger partial charge in [-0.3, -0.25) is 4.79 Å². The van der Waals surface area contributed by atoms with Crippen molar-refractivity contribution in [1.29, 1.82) is 0 Å².